The van der Waals surface area contributed by atoms with Crippen molar-refractivity contribution in [3.8, 4) is 23.3 Å². The van der Waals surface area contributed by atoms with Gasteiger partial charge in [-0.25, -0.2) is 0 Å². The fourth-order valence-electron chi connectivity index (χ4n) is 2.42. The Labute approximate surface area is 153 Å². The Balaban J connectivity index is 2.20. The van der Waals surface area contributed by atoms with E-state index in [1.807, 2.05) is 13.8 Å². The zero-order valence-corrected chi connectivity index (χ0v) is 15.3. The van der Waals surface area contributed by atoms with Crippen LogP contribution in [0.4, 0.5) is 5.69 Å². The highest BCUT2D eigenvalue weighted by atomic mass is 16.5. The van der Waals surface area contributed by atoms with Crippen LogP contribution in [0.3, 0.4) is 0 Å². The summed E-state index contributed by atoms with van der Waals surface area (Å²) in [5.41, 5.74) is 0.951. The molecule has 0 fully saturated rings. The molecule has 26 heavy (non-hydrogen) atoms. The van der Waals surface area contributed by atoms with Crippen molar-refractivity contribution in [3.05, 3.63) is 48.0 Å². The average Bonchev–Trinajstić information content (AvgIpc) is 2.65. The molecule has 1 unspecified atom stereocenters. The van der Waals surface area contributed by atoms with Gasteiger partial charge in [0, 0.05) is 11.8 Å². The Hall–Kier alpha value is -3.20. The first kappa shape index (κ1) is 19.1. The number of ether oxygens (including phenoxy) is 3. The van der Waals surface area contributed by atoms with Gasteiger partial charge in [0.1, 0.15) is 11.8 Å². The first-order chi connectivity index (χ1) is 12.5. The van der Waals surface area contributed by atoms with E-state index >= 15 is 0 Å². The van der Waals surface area contributed by atoms with Crippen LogP contribution < -0.4 is 19.5 Å². The third-order valence-electron chi connectivity index (χ3n) is 3.78. The normalized spacial score (nSPS) is 11.4. The van der Waals surface area contributed by atoms with Gasteiger partial charge in [0.2, 0.25) is 0 Å². The second-order valence-corrected chi connectivity index (χ2v) is 5.95. The van der Waals surface area contributed by atoms with Gasteiger partial charge in [0.25, 0.3) is 5.91 Å². The minimum Gasteiger partial charge on any atom is -0.493 e. The molecule has 0 spiro atoms. The number of carbonyl (C=O) groups is 1. The molecule has 0 radical (unpaired) electrons. The van der Waals surface area contributed by atoms with E-state index in [4.69, 9.17) is 14.2 Å². The quantitative estimate of drug-likeness (QED) is 0.821. The SMILES string of the molecule is COc1ccc(NC(=O)C(Oc2ccccc2C#N)C(C)C)cc1OC. The highest BCUT2D eigenvalue weighted by Gasteiger charge is 2.25. The van der Waals surface area contributed by atoms with E-state index in [0.717, 1.165) is 0 Å². The number of anilines is 1. The van der Waals surface area contributed by atoms with E-state index in [0.29, 0.717) is 28.5 Å². The highest BCUT2D eigenvalue weighted by Crippen LogP contribution is 2.30. The number of para-hydroxylation sites is 1. The van der Waals surface area contributed by atoms with Crippen LogP contribution in [0, 0.1) is 17.2 Å². The molecule has 0 aliphatic carbocycles. The molecule has 0 aromatic heterocycles. The monoisotopic (exact) mass is 354 g/mol. The number of carbonyl (C=O) groups excluding carboxylic acids is 1. The number of methoxy groups -OCH3 is 2. The largest absolute Gasteiger partial charge is 0.493 e. The molecular weight excluding hydrogens is 332 g/mol. The Morgan fingerprint density at radius 3 is 2.35 bits per heavy atom. The Morgan fingerprint density at radius 1 is 1.04 bits per heavy atom. The lowest BCUT2D eigenvalue weighted by Gasteiger charge is -2.22. The second kappa shape index (κ2) is 8.77. The molecule has 2 aromatic rings. The molecule has 0 bridgehead atoms. The van der Waals surface area contributed by atoms with E-state index in [-0.39, 0.29) is 11.8 Å². The van der Waals surface area contributed by atoms with Gasteiger partial charge in [0.15, 0.2) is 17.6 Å². The molecule has 2 aromatic carbocycles. The molecule has 0 saturated carbocycles. The Morgan fingerprint density at radius 2 is 1.73 bits per heavy atom. The van der Waals surface area contributed by atoms with Gasteiger partial charge in [-0.1, -0.05) is 26.0 Å². The van der Waals surface area contributed by atoms with Crippen LogP contribution in [0.15, 0.2) is 42.5 Å². The first-order valence-corrected chi connectivity index (χ1v) is 8.18. The molecule has 0 aliphatic heterocycles. The van der Waals surface area contributed by atoms with Crippen molar-refractivity contribution < 1.29 is 19.0 Å². The lowest BCUT2D eigenvalue weighted by Crippen LogP contribution is -2.37. The van der Waals surface area contributed by atoms with E-state index in [1.165, 1.54) is 7.11 Å². The van der Waals surface area contributed by atoms with E-state index in [1.54, 1.807) is 49.6 Å². The fourth-order valence-corrected chi connectivity index (χ4v) is 2.42. The van der Waals surface area contributed by atoms with Crippen LogP contribution in [0.2, 0.25) is 0 Å². The molecule has 1 amide bonds. The summed E-state index contributed by atoms with van der Waals surface area (Å²) in [6.07, 6.45) is -0.752. The molecule has 6 nitrogen and oxygen atoms in total. The predicted octanol–water partition coefficient (Wildman–Crippen LogP) is 3.62. The summed E-state index contributed by atoms with van der Waals surface area (Å²) in [4.78, 5) is 12.7. The smallest absolute Gasteiger partial charge is 0.265 e. The van der Waals surface area contributed by atoms with Crippen LogP contribution in [-0.4, -0.2) is 26.2 Å². The van der Waals surface area contributed by atoms with Crippen LogP contribution in [0.5, 0.6) is 17.2 Å². The zero-order valence-electron chi connectivity index (χ0n) is 15.3. The maximum atomic E-state index is 12.7. The molecular formula is C20H22N2O4. The summed E-state index contributed by atoms with van der Waals surface area (Å²) in [5, 5.41) is 12.0. The number of hydrogen-bond acceptors (Lipinski definition) is 5. The summed E-state index contributed by atoms with van der Waals surface area (Å²) in [5.74, 6) is 1.07. The summed E-state index contributed by atoms with van der Waals surface area (Å²) >= 11 is 0. The second-order valence-electron chi connectivity index (χ2n) is 5.95. The van der Waals surface area contributed by atoms with Crippen LogP contribution >= 0.6 is 0 Å². The van der Waals surface area contributed by atoms with Crippen molar-refractivity contribution in [2.45, 2.75) is 20.0 Å². The van der Waals surface area contributed by atoms with E-state index < -0.39 is 6.10 Å². The standard InChI is InChI=1S/C20H22N2O4/c1-13(2)19(26-16-8-6-5-7-14(16)12-21)20(23)22-15-9-10-17(24-3)18(11-15)25-4/h5-11,13,19H,1-4H3,(H,22,23). The molecule has 0 saturated heterocycles. The highest BCUT2D eigenvalue weighted by molar-refractivity contribution is 5.95. The summed E-state index contributed by atoms with van der Waals surface area (Å²) in [6.45, 7) is 3.77. The van der Waals surface area contributed by atoms with Crippen molar-refractivity contribution in [1.29, 1.82) is 5.26 Å². The number of rotatable bonds is 7. The molecule has 0 heterocycles. The van der Waals surface area contributed by atoms with Crippen molar-refractivity contribution in [2.75, 3.05) is 19.5 Å². The first-order valence-electron chi connectivity index (χ1n) is 8.18. The topological polar surface area (TPSA) is 80.6 Å². The van der Waals surface area contributed by atoms with Crippen molar-refractivity contribution >= 4 is 11.6 Å². The van der Waals surface area contributed by atoms with Gasteiger partial charge in [-0.05, 0) is 30.2 Å². The lowest BCUT2D eigenvalue weighted by atomic mass is 10.1. The maximum absolute atomic E-state index is 12.7. The number of amides is 1. The van der Waals surface area contributed by atoms with Gasteiger partial charge in [-0.15, -0.1) is 0 Å². The third-order valence-corrected chi connectivity index (χ3v) is 3.78. The van der Waals surface area contributed by atoms with Crippen molar-refractivity contribution in [3.63, 3.8) is 0 Å². The average molecular weight is 354 g/mol. The predicted molar refractivity (Wildman–Crippen MR) is 98.6 cm³/mol. The van der Waals surface area contributed by atoms with Gasteiger partial charge in [-0.3, -0.25) is 4.79 Å². The molecule has 1 N–H and O–H groups in total. The molecule has 0 aliphatic rings. The minimum absolute atomic E-state index is 0.0955. The van der Waals surface area contributed by atoms with E-state index in [2.05, 4.69) is 11.4 Å². The number of nitriles is 1. The lowest BCUT2D eigenvalue weighted by molar-refractivity contribution is -0.124. The minimum atomic E-state index is -0.752. The van der Waals surface area contributed by atoms with E-state index in [9.17, 15) is 10.1 Å². The maximum Gasteiger partial charge on any atom is 0.265 e. The van der Waals surface area contributed by atoms with Crippen molar-refractivity contribution in [2.24, 2.45) is 5.92 Å². The summed E-state index contributed by atoms with van der Waals surface area (Å²) < 4.78 is 16.3. The molecule has 6 heteroatoms. The summed E-state index contributed by atoms with van der Waals surface area (Å²) in [7, 11) is 3.08. The molecule has 2 rings (SSSR count). The molecule has 136 valence electrons. The van der Waals surface area contributed by atoms with Gasteiger partial charge < -0.3 is 19.5 Å². The number of hydrogen-bond donors (Lipinski definition) is 1. The zero-order chi connectivity index (χ0) is 19.1. The number of nitrogens with zero attached hydrogens (tertiary/aromatic N) is 1. The Bertz CT molecular complexity index is 812. The summed E-state index contributed by atoms with van der Waals surface area (Å²) in [6, 6.07) is 14.0. The fraction of sp³-hybridized carbons (Fsp3) is 0.300. The van der Waals surface area contributed by atoms with Crippen LogP contribution in [0.25, 0.3) is 0 Å². The van der Waals surface area contributed by atoms with Crippen LogP contribution in [-0.2, 0) is 4.79 Å². The number of nitrogens with one attached hydrogen (secondary N) is 1. The Kier molecular flexibility index (Phi) is 6.45. The number of benzene rings is 2. The van der Waals surface area contributed by atoms with Crippen molar-refractivity contribution in [1.82, 2.24) is 0 Å². The third kappa shape index (κ3) is 4.45. The van der Waals surface area contributed by atoms with Gasteiger partial charge >= 0.3 is 0 Å². The van der Waals surface area contributed by atoms with Gasteiger partial charge in [-0.2, -0.15) is 5.26 Å². The molecule has 1 atom stereocenters. The van der Waals surface area contributed by atoms with Gasteiger partial charge in [0.05, 0.1) is 19.8 Å². The van der Waals surface area contributed by atoms with Crippen LogP contribution in [0.1, 0.15) is 19.4 Å².